The van der Waals surface area contributed by atoms with Crippen molar-refractivity contribution in [3.8, 4) is 6.07 Å². The fourth-order valence-corrected chi connectivity index (χ4v) is 2.81. The van der Waals surface area contributed by atoms with Gasteiger partial charge in [-0.1, -0.05) is 12.8 Å². The van der Waals surface area contributed by atoms with Gasteiger partial charge in [0.2, 0.25) is 0 Å². The maximum atomic E-state index is 9.13. The standard InChI is InChI=1S/C13H22N2O2/c1-16-13(6-7-17-10-13)9-15-12-5-3-2-4-11(12)8-14/h11-12,15H,2-7,9-10H2,1H3. The zero-order valence-electron chi connectivity index (χ0n) is 10.6. The third-order valence-electron chi connectivity index (χ3n) is 4.12. The van der Waals surface area contributed by atoms with Gasteiger partial charge < -0.3 is 14.8 Å². The van der Waals surface area contributed by atoms with E-state index in [0.717, 1.165) is 32.4 Å². The fraction of sp³-hybridized carbons (Fsp3) is 0.923. The molecular formula is C13H22N2O2. The number of nitriles is 1. The molecule has 0 amide bonds. The molecule has 3 unspecified atom stereocenters. The number of nitrogens with one attached hydrogen (secondary N) is 1. The van der Waals surface area contributed by atoms with Crippen LogP contribution >= 0.6 is 0 Å². The summed E-state index contributed by atoms with van der Waals surface area (Å²) in [5.74, 6) is 0.167. The van der Waals surface area contributed by atoms with Gasteiger partial charge in [0.05, 0.1) is 18.6 Å². The van der Waals surface area contributed by atoms with Crippen molar-refractivity contribution in [3.63, 3.8) is 0 Å². The summed E-state index contributed by atoms with van der Waals surface area (Å²) in [5, 5.41) is 12.7. The lowest BCUT2D eigenvalue weighted by Crippen LogP contribution is -2.49. The molecule has 4 nitrogen and oxygen atoms in total. The summed E-state index contributed by atoms with van der Waals surface area (Å²) in [4.78, 5) is 0. The van der Waals surface area contributed by atoms with E-state index in [1.165, 1.54) is 12.8 Å². The van der Waals surface area contributed by atoms with E-state index in [1.54, 1.807) is 7.11 Å². The predicted molar refractivity (Wildman–Crippen MR) is 64.5 cm³/mol. The average Bonchev–Trinajstić information content (AvgIpc) is 2.86. The molecule has 0 bridgehead atoms. The average molecular weight is 238 g/mol. The second-order valence-corrected chi connectivity index (χ2v) is 5.20. The van der Waals surface area contributed by atoms with Crippen LogP contribution in [0.4, 0.5) is 0 Å². The molecule has 1 N–H and O–H groups in total. The quantitative estimate of drug-likeness (QED) is 0.805. The van der Waals surface area contributed by atoms with Gasteiger partial charge in [-0.05, 0) is 12.8 Å². The third-order valence-corrected chi connectivity index (χ3v) is 4.12. The van der Waals surface area contributed by atoms with Crippen molar-refractivity contribution in [2.75, 3.05) is 26.9 Å². The number of rotatable bonds is 4. The van der Waals surface area contributed by atoms with E-state index in [2.05, 4.69) is 11.4 Å². The molecule has 0 radical (unpaired) electrons. The molecule has 17 heavy (non-hydrogen) atoms. The van der Waals surface area contributed by atoms with Crippen LogP contribution in [-0.4, -0.2) is 38.5 Å². The van der Waals surface area contributed by atoms with Gasteiger partial charge in [0, 0.05) is 32.7 Å². The molecule has 96 valence electrons. The number of methoxy groups -OCH3 is 1. The first-order valence-electron chi connectivity index (χ1n) is 6.55. The summed E-state index contributed by atoms with van der Waals surface area (Å²) < 4.78 is 11.0. The van der Waals surface area contributed by atoms with E-state index in [-0.39, 0.29) is 11.5 Å². The van der Waals surface area contributed by atoms with Gasteiger partial charge in [0.25, 0.3) is 0 Å². The van der Waals surface area contributed by atoms with Crippen molar-refractivity contribution in [1.82, 2.24) is 5.32 Å². The van der Waals surface area contributed by atoms with Crippen LogP contribution in [0.2, 0.25) is 0 Å². The van der Waals surface area contributed by atoms with Gasteiger partial charge >= 0.3 is 0 Å². The normalized spacial score (nSPS) is 37.9. The van der Waals surface area contributed by atoms with Crippen LogP contribution in [0.25, 0.3) is 0 Å². The summed E-state index contributed by atoms with van der Waals surface area (Å²) >= 11 is 0. The largest absolute Gasteiger partial charge is 0.378 e. The first-order valence-corrected chi connectivity index (χ1v) is 6.55. The lowest BCUT2D eigenvalue weighted by Gasteiger charge is -2.32. The van der Waals surface area contributed by atoms with Crippen LogP contribution in [0.5, 0.6) is 0 Å². The van der Waals surface area contributed by atoms with Crippen LogP contribution in [-0.2, 0) is 9.47 Å². The molecular weight excluding hydrogens is 216 g/mol. The zero-order valence-corrected chi connectivity index (χ0v) is 10.6. The van der Waals surface area contributed by atoms with Crippen molar-refractivity contribution in [2.24, 2.45) is 5.92 Å². The highest BCUT2D eigenvalue weighted by Gasteiger charge is 2.36. The van der Waals surface area contributed by atoms with Gasteiger partial charge in [-0.15, -0.1) is 0 Å². The first-order chi connectivity index (χ1) is 8.29. The molecule has 1 aliphatic carbocycles. The second-order valence-electron chi connectivity index (χ2n) is 5.20. The molecule has 0 aromatic heterocycles. The van der Waals surface area contributed by atoms with Crippen molar-refractivity contribution in [1.29, 1.82) is 5.26 Å². The minimum atomic E-state index is -0.169. The molecule has 0 aromatic rings. The summed E-state index contributed by atoms with van der Waals surface area (Å²) in [6.45, 7) is 2.24. The van der Waals surface area contributed by atoms with Gasteiger partial charge in [-0.25, -0.2) is 0 Å². The highest BCUT2D eigenvalue weighted by atomic mass is 16.5. The lowest BCUT2D eigenvalue weighted by molar-refractivity contribution is -0.0189. The molecule has 1 saturated carbocycles. The Bertz CT molecular complexity index is 282. The van der Waals surface area contributed by atoms with Crippen LogP contribution < -0.4 is 5.32 Å². The second kappa shape index (κ2) is 5.81. The van der Waals surface area contributed by atoms with Gasteiger partial charge in [0.1, 0.15) is 5.60 Å². The van der Waals surface area contributed by atoms with E-state index in [1.807, 2.05) is 0 Å². The van der Waals surface area contributed by atoms with Crippen molar-refractivity contribution in [3.05, 3.63) is 0 Å². The van der Waals surface area contributed by atoms with Crippen LogP contribution in [0.1, 0.15) is 32.1 Å². The van der Waals surface area contributed by atoms with E-state index in [9.17, 15) is 0 Å². The van der Waals surface area contributed by atoms with Crippen molar-refractivity contribution in [2.45, 2.75) is 43.7 Å². The molecule has 1 aliphatic heterocycles. The van der Waals surface area contributed by atoms with Crippen LogP contribution in [0.15, 0.2) is 0 Å². The molecule has 0 spiro atoms. The molecule has 2 aliphatic rings. The summed E-state index contributed by atoms with van der Waals surface area (Å²) in [5.41, 5.74) is -0.169. The van der Waals surface area contributed by atoms with Crippen molar-refractivity contribution >= 4 is 0 Å². The van der Waals surface area contributed by atoms with Crippen LogP contribution in [0.3, 0.4) is 0 Å². The minimum Gasteiger partial charge on any atom is -0.378 e. The molecule has 1 heterocycles. The Labute approximate surface area is 103 Å². The fourth-order valence-electron chi connectivity index (χ4n) is 2.81. The molecule has 0 aromatic carbocycles. The smallest absolute Gasteiger partial charge is 0.106 e. The number of hydrogen-bond donors (Lipinski definition) is 1. The summed E-state index contributed by atoms with van der Waals surface area (Å²) in [6, 6.07) is 2.76. The monoisotopic (exact) mass is 238 g/mol. The molecule has 3 atom stereocenters. The Kier molecular flexibility index (Phi) is 4.38. The number of nitrogens with zero attached hydrogens (tertiary/aromatic N) is 1. The van der Waals surface area contributed by atoms with E-state index in [4.69, 9.17) is 14.7 Å². The van der Waals surface area contributed by atoms with E-state index >= 15 is 0 Å². The SMILES string of the molecule is COC1(CNC2CCCCC2C#N)CCOC1. The molecule has 1 saturated heterocycles. The third kappa shape index (κ3) is 2.98. The zero-order chi connectivity index (χ0) is 12.1. The minimum absolute atomic E-state index is 0.167. The van der Waals surface area contributed by atoms with Crippen molar-refractivity contribution < 1.29 is 9.47 Å². The van der Waals surface area contributed by atoms with E-state index in [0.29, 0.717) is 12.6 Å². The summed E-state index contributed by atoms with van der Waals surface area (Å²) in [7, 11) is 1.75. The maximum Gasteiger partial charge on any atom is 0.106 e. The maximum absolute atomic E-state index is 9.13. The van der Waals surface area contributed by atoms with Gasteiger partial charge in [0.15, 0.2) is 0 Å². The lowest BCUT2D eigenvalue weighted by atomic mass is 9.85. The topological polar surface area (TPSA) is 54.3 Å². The molecule has 2 rings (SSSR count). The van der Waals surface area contributed by atoms with Gasteiger partial charge in [-0.3, -0.25) is 0 Å². The summed E-state index contributed by atoms with van der Waals surface area (Å²) in [6.07, 6.45) is 5.51. The van der Waals surface area contributed by atoms with E-state index < -0.39 is 0 Å². The number of ether oxygens (including phenoxy) is 2. The van der Waals surface area contributed by atoms with Crippen LogP contribution in [0, 0.1) is 17.2 Å². The van der Waals surface area contributed by atoms with Gasteiger partial charge in [-0.2, -0.15) is 5.26 Å². The Morgan fingerprint density at radius 1 is 1.47 bits per heavy atom. The highest BCUT2D eigenvalue weighted by molar-refractivity contribution is 4.96. The number of hydrogen-bond acceptors (Lipinski definition) is 4. The highest BCUT2D eigenvalue weighted by Crippen LogP contribution is 2.26. The molecule has 2 fully saturated rings. The molecule has 4 heteroatoms. The Hall–Kier alpha value is -0.630. The first kappa shape index (κ1) is 12.8. The Balaban J connectivity index is 1.85. The predicted octanol–water partition coefficient (Wildman–Crippen LogP) is 1.46. The Morgan fingerprint density at radius 2 is 2.29 bits per heavy atom. The Morgan fingerprint density at radius 3 is 2.94 bits per heavy atom.